The second-order valence-corrected chi connectivity index (χ2v) is 8.32. The monoisotopic (exact) mass is 301 g/mol. The van der Waals surface area contributed by atoms with Crippen molar-refractivity contribution in [2.45, 2.75) is 64.9 Å². The quantitative estimate of drug-likeness (QED) is 0.715. The van der Waals surface area contributed by atoms with Crippen molar-refractivity contribution >= 4 is 14.0 Å². The Balaban J connectivity index is 1.79. The first-order valence-corrected chi connectivity index (χ1v) is 9.09. The van der Waals surface area contributed by atoms with Gasteiger partial charge in [-0.1, -0.05) is 46.0 Å². The molecule has 3 atom stereocenters. The normalized spacial score (nSPS) is 27.9. The lowest BCUT2D eigenvalue weighted by Gasteiger charge is -2.22. The Labute approximate surface area is 122 Å². The first kappa shape index (κ1) is 15.9. The molecule has 0 radical (unpaired) electrons. The van der Waals surface area contributed by atoms with Gasteiger partial charge >= 0.3 is 14.0 Å². The zero-order valence-corrected chi connectivity index (χ0v) is 13.4. The zero-order valence-electron chi connectivity index (χ0n) is 12.5. The van der Waals surface area contributed by atoms with Gasteiger partial charge in [0.25, 0.3) is 0 Å². The van der Waals surface area contributed by atoms with E-state index < -0.39 is 19.9 Å². The molecule has 0 aromatic carbocycles. The van der Waals surface area contributed by atoms with Crippen LogP contribution in [0.1, 0.15) is 58.8 Å². The van der Waals surface area contributed by atoms with E-state index in [2.05, 4.69) is 13.8 Å². The highest BCUT2D eigenvalue weighted by Crippen LogP contribution is 2.51. The van der Waals surface area contributed by atoms with Gasteiger partial charge in [-0.2, -0.15) is 0 Å². The third kappa shape index (κ3) is 4.53. The van der Waals surface area contributed by atoms with E-state index in [0.717, 1.165) is 19.3 Å². The highest BCUT2D eigenvalue weighted by Gasteiger charge is 2.52. The molecule has 2 saturated carbocycles. The Morgan fingerprint density at radius 1 is 1.35 bits per heavy atom. The first-order valence-electron chi connectivity index (χ1n) is 7.73. The van der Waals surface area contributed by atoms with Gasteiger partial charge in [0, 0.05) is 0 Å². The molecule has 2 rings (SSSR count). The Morgan fingerprint density at radius 2 is 1.95 bits per heavy atom. The molecule has 0 spiro atoms. The SMILES string of the molecule is CC1(C)CC1O[P+](=O)CC(CC1CCCCC1)C(=O)O. The van der Waals surface area contributed by atoms with Gasteiger partial charge in [-0.05, 0) is 28.7 Å². The Morgan fingerprint density at radius 3 is 2.45 bits per heavy atom. The molecule has 1 N–H and O–H groups in total. The predicted octanol–water partition coefficient (Wildman–Crippen LogP) is 4.22. The fraction of sp³-hybridized carbons (Fsp3) is 0.933. The van der Waals surface area contributed by atoms with Crippen LogP contribution in [0.2, 0.25) is 0 Å². The molecule has 2 aliphatic carbocycles. The Bertz CT molecular complexity index is 374. The molecule has 0 aliphatic heterocycles. The van der Waals surface area contributed by atoms with Crippen LogP contribution in [0.15, 0.2) is 0 Å². The van der Waals surface area contributed by atoms with Crippen molar-refractivity contribution < 1.29 is 19.0 Å². The van der Waals surface area contributed by atoms with Gasteiger partial charge in [0.1, 0.15) is 12.0 Å². The molecule has 5 heteroatoms. The van der Waals surface area contributed by atoms with Crippen molar-refractivity contribution in [3.05, 3.63) is 0 Å². The van der Waals surface area contributed by atoms with Gasteiger partial charge in [-0.25, -0.2) is 0 Å². The second kappa shape index (κ2) is 6.53. The summed E-state index contributed by atoms with van der Waals surface area (Å²) in [6.45, 7) is 4.16. The maximum atomic E-state index is 12.0. The van der Waals surface area contributed by atoms with Gasteiger partial charge in [0.2, 0.25) is 0 Å². The molecule has 0 aromatic rings. The van der Waals surface area contributed by atoms with E-state index in [1.807, 2.05) is 0 Å². The molecule has 3 unspecified atom stereocenters. The summed E-state index contributed by atoms with van der Waals surface area (Å²) >= 11 is 0. The molecule has 20 heavy (non-hydrogen) atoms. The van der Waals surface area contributed by atoms with Crippen LogP contribution in [0.3, 0.4) is 0 Å². The third-order valence-electron chi connectivity index (χ3n) is 4.73. The number of rotatable bonds is 7. The smallest absolute Gasteiger partial charge is 0.481 e. The Hall–Kier alpha value is -0.470. The van der Waals surface area contributed by atoms with E-state index in [4.69, 9.17) is 4.52 Å². The van der Waals surface area contributed by atoms with Crippen LogP contribution in [-0.2, 0) is 13.9 Å². The number of hydrogen-bond acceptors (Lipinski definition) is 3. The summed E-state index contributed by atoms with van der Waals surface area (Å²) in [5.74, 6) is -0.841. The van der Waals surface area contributed by atoms with Gasteiger partial charge in [-0.3, -0.25) is 4.79 Å². The van der Waals surface area contributed by atoms with Crippen LogP contribution in [0, 0.1) is 17.3 Å². The van der Waals surface area contributed by atoms with Crippen molar-refractivity contribution in [1.82, 2.24) is 0 Å². The van der Waals surface area contributed by atoms with E-state index in [1.165, 1.54) is 19.3 Å². The second-order valence-electron chi connectivity index (χ2n) is 7.08. The van der Waals surface area contributed by atoms with Gasteiger partial charge in [0.05, 0.1) is 0 Å². The van der Waals surface area contributed by atoms with E-state index >= 15 is 0 Å². The predicted molar refractivity (Wildman–Crippen MR) is 78.1 cm³/mol. The molecular formula is C15H26O4P+. The van der Waals surface area contributed by atoms with E-state index in [9.17, 15) is 14.5 Å². The lowest BCUT2D eigenvalue weighted by molar-refractivity contribution is -0.141. The molecule has 2 aliphatic rings. The van der Waals surface area contributed by atoms with Crippen LogP contribution in [0.5, 0.6) is 0 Å². The summed E-state index contributed by atoms with van der Waals surface area (Å²) in [4.78, 5) is 11.4. The van der Waals surface area contributed by atoms with E-state index in [-0.39, 0.29) is 17.7 Å². The highest BCUT2D eigenvalue weighted by atomic mass is 31.1. The molecule has 0 heterocycles. The summed E-state index contributed by atoms with van der Waals surface area (Å²) in [5, 5.41) is 9.32. The lowest BCUT2D eigenvalue weighted by Crippen LogP contribution is -2.22. The lowest BCUT2D eigenvalue weighted by atomic mass is 9.83. The molecule has 0 aromatic heterocycles. The van der Waals surface area contributed by atoms with Crippen molar-refractivity contribution in [2.75, 3.05) is 6.16 Å². The summed E-state index contributed by atoms with van der Waals surface area (Å²) in [5.41, 5.74) is 0.118. The van der Waals surface area contributed by atoms with Gasteiger partial charge in [0.15, 0.2) is 6.16 Å². The topological polar surface area (TPSA) is 63.6 Å². The minimum absolute atomic E-state index is 0.0511. The van der Waals surface area contributed by atoms with Gasteiger partial charge in [-0.15, -0.1) is 4.52 Å². The molecule has 114 valence electrons. The molecular weight excluding hydrogens is 275 g/mol. The number of carboxylic acid groups (broad SMARTS) is 1. The van der Waals surface area contributed by atoms with Crippen LogP contribution >= 0.6 is 8.03 Å². The van der Waals surface area contributed by atoms with Crippen LogP contribution < -0.4 is 0 Å². The average molecular weight is 301 g/mol. The van der Waals surface area contributed by atoms with E-state index in [1.54, 1.807) is 0 Å². The Kier molecular flexibility index (Phi) is 5.19. The summed E-state index contributed by atoms with van der Waals surface area (Å²) < 4.78 is 17.5. The molecule has 4 nitrogen and oxygen atoms in total. The van der Waals surface area contributed by atoms with Gasteiger partial charge < -0.3 is 5.11 Å². The van der Waals surface area contributed by atoms with Crippen LogP contribution in [0.4, 0.5) is 0 Å². The van der Waals surface area contributed by atoms with Crippen molar-refractivity contribution in [3.8, 4) is 0 Å². The minimum Gasteiger partial charge on any atom is -0.481 e. The molecule has 2 fully saturated rings. The summed E-state index contributed by atoms with van der Waals surface area (Å²) in [6, 6.07) is 0. The third-order valence-corrected chi connectivity index (χ3v) is 5.96. The number of carboxylic acids is 1. The maximum Gasteiger partial charge on any atom is 0.509 e. The zero-order chi connectivity index (χ0) is 14.8. The minimum atomic E-state index is -1.85. The number of carbonyl (C=O) groups is 1. The molecule has 0 bridgehead atoms. The summed E-state index contributed by atoms with van der Waals surface area (Å²) in [7, 11) is -1.85. The highest BCUT2D eigenvalue weighted by molar-refractivity contribution is 7.39. The largest absolute Gasteiger partial charge is 0.509 e. The average Bonchev–Trinajstić information content (AvgIpc) is 2.96. The fourth-order valence-corrected chi connectivity index (χ4v) is 4.44. The van der Waals surface area contributed by atoms with Crippen LogP contribution in [0.25, 0.3) is 0 Å². The fourth-order valence-electron chi connectivity index (χ4n) is 3.04. The molecule has 0 amide bonds. The number of aliphatic carboxylic acids is 1. The standard InChI is InChI=1S/C15H25O4P/c1-15(2)9-13(15)19-20(18)10-12(14(16)17)8-11-6-4-3-5-7-11/h11-13H,3-10H2,1-2H3/p+1. The van der Waals surface area contributed by atoms with Crippen molar-refractivity contribution in [3.63, 3.8) is 0 Å². The molecule has 0 saturated heterocycles. The number of hydrogen-bond donors (Lipinski definition) is 1. The van der Waals surface area contributed by atoms with E-state index in [0.29, 0.717) is 12.3 Å². The first-order chi connectivity index (χ1) is 9.38. The maximum absolute atomic E-state index is 12.0. The van der Waals surface area contributed by atoms with Crippen molar-refractivity contribution in [1.29, 1.82) is 0 Å². The summed E-state index contributed by atoms with van der Waals surface area (Å²) in [6.07, 6.45) is 7.73. The van der Waals surface area contributed by atoms with Crippen molar-refractivity contribution in [2.24, 2.45) is 17.3 Å². The van der Waals surface area contributed by atoms with Crippen LogP contribution in [-0.4, -0.2) is 23.3 Å².